The van der Waals surface area contributed by atoms with Crippen LogP contribution in [0.2, 0.25) is 0 Å². The third kappa shape index (κ3) is 2.23. The molecule has 1 atom stereocenters. The van der Waals surface area contributed by atoms with E-state index in [1.807, 2.05) is 23.9 Å². The monoisotopic (exact) mass is 234 g/mol. The summed E-state index contributed by atoms with van der Waals surface area (Å²) < 4.78 is 0. The number of anilines is 1. The third-order valence-electron chi connectivity index (χ3n) is 3.10. The fourth-order valence-corrected chi connectivity index (χ4v) is 2.35. The zero-order valence-electron chi connectivity index (χ0n) is 10.6. The molecule has 92 valence electrons. The van der Waals surface area contributed by atoms with Crippen LogP contribution in [0.15, 0.2) is 12.4 Å². The van der Waals surface area contributed by atoms with Crippen LogP contribution < -0.4 is 4.90 Å². The van der Waals surface area contributed by atoms with Gasteiger partial charge in [-0.3, -0.25) is 9.78 Å². The quantitative estimate of drug-likeness (QED) is 0.772. The fraction of sp³-hybridized carbons (Fsp3) is 0.583. The molecular formula is C12H18N4O. The van der Waals surface area contributed by atoms with Crippen molar-refractivity contribution in [3.63, 3.8) is 0 Å². The second-order valence-electron chi connectivity index (χ2n) is 4.53. The van der Waals surface area contributed by atoms with Gasteiger partial charge in [-0.05, 0) is 12.8 Å². The van der Waals surface area contributed by atoms with Gasteiger partial charge in [-0.2, -0.15) is 0 Å². The van der Waals surface area contributed by atoms with E-state index in [-0.39, 0.29) is 11.9 Å². The van der Waals surface area contributed by atoms with E-state index in [0.29, 0.717) is 0 Å². The molecule has 2 rings (SSSR count). The van der Waals surface area contributed by atoms with Gasteiger partial charge >= 0.3 is 0 Å². The molecule has 0 aliphatic carbocycles. The number of amides is 1. The molecule has 5 nitrogen and oxygen atoms in total. The molecule has 1 amide bonds. The summed E-state index contributed by atoms with van der Waals surface area (Å²) in [6.07, 6.45) is 5.39. The molecule has 0 unspecified atom stereocenters. The highest BCUT2D eigenvalue weighted by molar-refractivity contribution is 5.74. The van der Waals surface area contributed by atoms with E-state index in [1.165, 1.54) is 0 Å². The smallest absolute Gasteiger partial charge is 0.220 e. The topological polar surface area (TPSA) is 49.3 Å². The Morgan fingerprint density at radius 1 is 1.41 bits per heavy atom. The van der Waals surface area contributed by atoms with Gasteiger partial charge < -0.3 is 9.80 Å². The van der Waals surface area contributed by atoms with E-state index in [0.717, 1.165) is 30.9 Å². The molecule has 1 aliphatic rings. The molecule has 1 aromatic rings. The molecule has 0 spiro atoms. The molecule has 0 radical (unpaired) electrons. The van der Waals surface area contributed by atoms with Crippen molar-refractivity contribution in [2.24, 2.45) is 0 Å². The Labute approximate surface area is 101 Å². The third-order valence-corrected chi connectivity index (χ3v) is 3.10. The lowest BCUT2D eigenvalue weighted by molar-refractivity contribution is -0.129. The van der Waals surface area contributed by atoms with Crippen LogP contribution >= 0.6 is 0 Å². The Kier molecular flexibility index (Phi) is 3.26. The molecular weight excluding hydrogens is 216 g/mol. The fourth-order valence-electron chi connectivity index (χ4n) is 2.35. The summed E-state index contributed by atoms with van der Waals surface area (Å²) >= 11 is 0. The summed E-state index contributed by atoms with van der Waals surface area (Å²) in [6.45, 7) is 2.44. The first-order valence-corrected chi connectivity index (χ1v) is 5.86. The summed E-state index contributed by atoms with van der Waals surface area (Å²) in [4.78, 5) is 24.2. The van der Waals surface area contributed by atoms with Gasteiger partial charge in [0.1, 0.15) is 5.69 Å². The average Bonchev–Trinajstić information content (AvgIpc) is 2.77. The molecule has 0 N–H and O–H groups in total. The number of rotatable bonds is 2. The van der Waals surface area contributed by atoms with Gasteiger partial charge in [0.15, 0.2) is 5.82 Å². The minimum Gasteiger partial charge on any atom is -0.361 e. The highest BCUT2D eigenvalue weighted by atomic mass is 16.2. The Bertz CT molecular complexity index is 419. The Morgan fingerprint density at radius 2 is 2.12 bits per heavy atom. The lowest BCUT2D eigenvalue weighted by atomic mass is 10.1. The lowest BCUT2D eigenvalue weighted by Crippen LogP contribution is -2.30. The summed E-state index contributed by atoms with van der Waals surface area (Å²) in [5.74, 6) is 0.966. The Hall–Kier alpha value is -1.65. The van der Waals surface area contributed by atoms with Crippen LogP contribution in [0.5, 0.6) is 0 Å². The van der Waals surface area contributed by atoms with Crippen LogP contribution in [0, 0.1) is 0 Å². The van der Waals surface area contributed by atoms with Gasteiger partial charge in [-0.1, -0.05) is 0 Å². The van der Waals surface area contributed by atoms with Crippen LogP contribution in [0.4, 0.5) is 5.82 Å². The van der Waals surface area contributed by atoms with Crippen molar-refractivity contribution in [3.8, 4) is 0 Å². The highest BCUT2D eigenvalue weighted by Crippen LogP contribution is 2.34. The van der Waals surface area contributed by atoms with Gasteiger partial charge in [0.05, 0.1) is 6.04 Å². The van der Waals surface area contributed by atoms with Crippen molar-refractivity contribution in [3.05, 3.63) is 18.1 Å². The number of carbonyl (C=O) groups is 1. The summed E-state index contributed by atoms with van der Waals surface area (Å²) in [5, 5.41) is 0. The van der Waals surface area contributed by atoms with Crippen molar-refractivity contribution in [2.75, 3.05) is 25.5 Å². The summed E-state index contributed by atoms with van der Waals surface area (Å²) in [5.41, 5.74) is 0.908. The van der Waals surface area contributed by atoms with E-state index in [4.69, 9.17) is 0 Å². The van der Waals surface area contributed by atoms with Crippen molar-refractivity contribution in [1.29, 1.82) is 0 Å². The summed E-state index contributed by atoms with van der Waals surface area (Å²) in [6, 6.07) is 0.0820. The first-order valence-electron chi connectivity index (χ1n) is 5.86. The predicted octanol–water partition coefficient (Wildman–Crippen LogP) is 1.23. The zero-order valence-corrected chi connectivity index (χ0v) is 10.6. The molecule has 1 aliphatic heterocycles. The van der Waals surface area contributed by atoms with Crippen LogP contribution in [-0.4, -0.2) is 41.4 Å². The number of nitrogens with zero attached hydrogens (tertiary/aromatic N) is 4. The zero-order chi connectivity index (χ0) is 12.4. The molecule has 0 saturated carbocycles. The van der Waals surface area contributed by atoms with Crippen molar-refractivity contribution in [1.82, 2.24) is 14.9 Å². The van der Waals surface area contributed by atoms with E-state index in [9.17, 15) is 4.79 Å². The second kappa shape index (κ2) is 4.69. The van der Waals surface area contributed by atoms with E-state index in [1.54, 1.807) is 19.3 Å². The summed E-state index contributed by atoms with van der Waals surface area (Å²) in [7, 11) is 3.89. The van der Waals surface area contributed by atoms with Crippen molar-refractivity contribution >= 4 is 11.7 Å². The predicted molar refractivity (Wildman–Crippen MR) is 65.7 cm³/mol. The van der Waals surface area contributed by atoms with Crippen LogP contribution in [0.3, 0.4) is 0 Å². The van der Waals surface area contributed by atoms with E-state index in [2.05, 4.69) is 9.97 Å². The maximum absolute atomic E-state index is 11.6. The van der Waals surface area contributed by atoms with Gasteiger partial charge in [-0.15, -0.1) is 0 Å². The Balaban J connectivity index is 2.36. The number of likely N-dealkylation sites (tertiary alicyclic amines) is 1. The van der Waals surface area contributed by atoms with E-state index < -0.39 is 0 Å². The first kappa shape index (κ1) is 11.8. The Morgan fingerprint density at radius 3 is 2.76 bits per heavy atom. The largest absolute Gasteiger partial charge is 0.361 e. The SMILES string of the molecule is CC(=O)N1CCC[C@H]1c1nccnc1N(C)C. The number of carbonyl (C=O) groups excluding carboxylic acids is 1. The standard InChI is InChI=1S/C12H18N4O/c1-9(17)16-8-4-5-10(16)11-12(15(2)3)14-7-6-13-11/h6-7,10H,4-5,8H2,1-3H3/t10-/m0/s1. The molecule has 2 heterocycles. The second-order valence-corrected chi connectivity index (χ2v) is 4.53. The number of hydrogen-bond donors (Lipinski definition) is 0. The molecule has 17 heavy (non-hydrogen) atoms. The van der Waals surface area contributed by atoms with Gasteiger partial charge in [0, 0.05) is 40.0 Å². The van der Waals surface area contributed by atoms with Crippen LogP contribution in [0.25, 0.3) is 0 Å². The minimum absolute atomic E-state index is 0.0820. The maximum Gasteiger partial charge on any atom is 0.220 e. The molecule has 1 aromatic heterocycles. The van der Waals surface area contributed by atoms with Crippen LogP contribution in [-0.2, 0) is 4.79 Å². The van der Waals surface area contributed by atoms with Crippen molar-refractivity contribution < 1.29 is 4.79 Å². The number of hydrogen-bond acceptors (Lipinski definition) is 4. The van der Waals surface area contributed by atoms with Crippen LogP contribution in [0.1, 0.15) is 31.5 Å². The highest BCUT2D eigenvalue weighted by Gasteiger charge is 2.31. The average molecular weight is 234 g/mol. The lowest BCUT2D eigenvalue weighted by Gasteiger charge is -2.25. The minimum atomic E-state index is 0.0820. The number of aromatic nitrogens is 2. The maximum atomic E-state index is 11.6. The molecule has 0 aromatic carbocycles. The normalized spacial score (nSPS) is 19.5. The molecule has 1 fully saturated rings. The molecule has 0 bridgehead atoms. The van der Waals surface area contributed by atoms with Gasteiger partial charge in [-0.25, -0.2) is 4.98 Å². The first-order chi connectivity index (χ1) is 8.11. The van der Waals surface area contributed by atoms with Gasteiger partial charge in [0.2, 0.25) is 5.91 Å². The van der Waals surface area contributed by atoms with E-state index >= 15 is 0 Å². The molecule has 5 heteroatoms. The van der Waals surface area contributed by atoms with Crippen molar-refractivity contribution in [2.45, 2.75) is 25.8 Å². The molecule has 1 saturated heterocycles. The van der Waals surface area contributed by atoms with Gasteiger partial charge in [0.25, 0.3) is 0 Å².